The summed E-state index contributed by atoms with van der Waals surface area (Å²) in [5.41, 5.74) is 7.64. The standard InChI is InChI=1S/C13H22N4O3S/c1-10-12(8-11(14)9-13(10)21(15,19)20)17-4-2-16(3-5-17)6-7-18/h8-9,18H,2-7,14H2,1H3,(H2,15,19,20). The van der Waals surface area contributed by atoms with Crippen LogP contribution in [0.3, 0.4) is 0 Å². The number of nitrogens with two attached hydrogens (primary N) is 2. The average molecular weight is 314 g/mol. The number of hydrogen-bond acceptors (Lipinski definition) is 6. The fourth-order valence-corrected chi connectivity index (χ4v) is 3.50. The molecule has 0 atom stereocenters. The molecule has 21 heavy (non-hydrogen) atoms. The lowest BCUT2D eigenvalue weighted by Crippen LogP contribution is -2.47. The van der Waals surface area contributed by atoms with Gasteiger partial charge in [0.25, 0.3) is 0 Å². The van der Waals surface area contributed by atoms with Gasteiger partial charge in [-0.2, -0.15) is 0 Å². The number of piperazine rings is 1. The second-order valence-corrected chi connectivity index (χ2v) is 6.79. The molecule has 0 aromatic heterocycles. The number of nitrogen functional groups attached to an aromatic ring is 1. The summed E-state index contributed by atoms with van der Waals surface area (Å²) < 4.78 is 23.3. The first-order valence-electron chi connectivity index (χ1n) is 6.84. The quantitative estimate of drug-likeness (QED) is 0.636. The lowest BCUT2D eigenvalue weighted by Gasteiger charge is -2.36. The van der Waals surface area contributed by atoms with Crippen molar-refractivity contribution in [2.75, 3.05) is 50.0 Å². The van der Waals surface area contributed by atoms with Gasteiger partial charge in [-0.1, -0.05) is 0 Å². The molecule has 1 heterocycles. The van der Waals surface area contributed by atoms with Crippen molar-refractivity contribution in [3.63, 3.8) is 0 Å². The van der Waals surface area contributed by atoms with Crippen LogP contribution in [0.15, 0.2) is 17.0 Å². The van der Waals surface area contributed by atoms with Gasteiger partial charge in [-0.05, 0) is 24.6 Å². The molecule has 1 fully saturated rings. The summed E-state index contributed by atoms with van der Waals surface area (Å²) in [6, 6.07) is 3.18. The number of benzene rings is 1. The van der Waals surface area contributed by atoms with Crippen molar-refractivity contribution in [3.8, 4) is 0 Å². The van der Waals surface area contributed by atoms with E-state index in [1.165, 1.54) is 6.07 Å². The number of β-amino-alcohol motifs (C(OH)–C–C–N with tert-alkyl or cyclic N) is 1. The van der Waals surface area contributed by atoms with Crippen molar-refractivity contribution in [1.82, 2.24) is 4.90 Å². The van der Waals surface area contributed by atoms with Gasteiger partial charge in [0, 0.05) is 44.1 Å². The molecule has 8 heteroatoms. The third kappa shape index (κ3) is 3.65. The van der Waals surface area contributed by atoms with E-state index < -0.39 is 10.0 Å². The SMILES string of the molecule is Cc1c(N2CCN(CCO)CC2)cc(N)cc1S(N)(=O)=O. The Morgan fingerprint density at radius 3 is 2.38 bits per heavy atom. The average Bonchev–Trinajstić information content (AvgIpc) is 2.41. The van der Waals surface area contributed by atoms with Crippen molar-refractivity contribution < 1.29 is 13.5 Å². The number of aliphatic hydroxyl groups excluding tert-OH is 1. The number of anilines is 2. The highest BCUT2D eigenvalue weighted by molar-refractivity contribution is 7.89. The number of aliphatic hydroxyl groups is 1. The van der Waals surface area contributed by atoms with E-state index in [0.29, 0.717) is 17.8 Å². The van der Waals surface area contributed by atoms with E-state index in [0.717, 1.165) is 31.9 Å². The highest BCUT2D eigenvalue weighted by Crippen LogP contribution is 2.29. The van der Waals surface area contributed by atoms with E-state index in [9.17, 15) is 8.42 Å². The molecular weight excluding hydrogens is 292 g/mol. The number of primary sulfonamides is 1. The van der Waals surface area contributed by atoms with Crippen LogP contribution in [0.4, 0.5) is 11.4 Å². The van der Waals surface area contributed by atoms with Crippen LogP contribution >= 0.6 is 0 Å². The molecule has 7 nitrogen and oxygen atoms in total. The molecule has 118 valence electrons. The third-order valence-electron chi connectivity index (χ3n) is 3.79. The number of sulfonamides is 1. The lowest BCUT2D eigenvalue weighted by molar-refractivity contribution is 0.188. The van der Waals surface area contributed by atoms with Gasteiger partial charge in [0.05, 0.1) is 11.5 Å². The second kappa shape index (κ2) is 6.18. The molecule has 1 aliphatic rings. The zero-order valence-corrected chi connectivity index (χ0v) is 12.9. The van der Waals surface area contributed by atoms with Gasteiger partial charge in [0.2, 0.25) is 10.0 Å². The number of nitrogens with zero attached hydrogens (tertiary/aromatic N) is 2. The molecule has 0 unspecified atom stereocenters. The molecule has 0 radical (unpaired) electrons. The molecule has 0 amide bonds. The molecule has 5 N–H and O–H groups in total. The maximum Gasteiger partial charge on any atom is 0.238 e. The largest absolute Gasteiger partial charge is 0.399 e. The molecule has 1 aromatic rings. The summed E-state index contributed by atoms with van der Waals surface area (Å²) in [6.07, 6.45) is 0. The number of hydrogen-bond donors (Lipinski definition) is 3. The van der Waals surface area contributed by atoms with E-state index in [1.807, 2.05) is 0 Å². The summed E-state index contributed by atoms with van der Waals surface area (Å²) in [7, 11) is -3.79. The fourth-order valence-electron chi connectivity index (χ4n) is 2.67. The minimum absolute atomic E-state index is 0.0790. The van der Waals surface area contributed by atoms with Gasteiger partial charge in [-0.15, -0.1) is 0 Å². The number of rotatable bonds is 4. The lowest BCUT2D eigenvalue weighted by atomic mass is 10.1. The Kier molecular flexibility index (Phi) is 4.72. The van der Waals surface area contributed by atoms with Gasteiger partial charge in [-0.25, -0.2) is 13.6 Å². The summed E-state index contributed by atoms with van der Waals surface area (Å²) >= 11 is 0. The highest BCUT2D eigenvalue weighted by Gasteiger charge is 2.22. The molecule has 0 aliphatic carbocycles. The molecule has 1 saturated heterocycles. The molecule has 0 spiro atoms. The van der Waals surface area contributed by atoms with Crippen molar-refractivity contribution in [2.24, 2.45) is 5.14 Å². The van der Waals surface area contributed by atoms with Crippen LogP contribution in [-0.4, -0.2) is 57.8 Å². The topological polar surface area (TPSA) is 113 Å². The van der Waals surface area contributed by atoms with Crippen molar-refractivity contribution in [3.05, 3.63) is 17.7 Å². The molecule has 0 saturated carbocycles. The maximum absolute atomic E-state index is 11.6. The Labute approximate surface area is 125 Å². The smallest absolute Gasteiger partial charge is 0.238 e. The Morgan fingerprint density at radius 2 is 1.86 bits per heavy atom. The van der Waals surface area contributed by atoms with Crippen LogP contribution in [-0.2, 0) is 10.0 Å². The highest BCUT2D eigenvalue weighted by atomic mass is 32.2. The van der Waals surface area contributed by atoms with Crippen LogP contribution in [0.25, 0.3) is 0 Å². The van der Waals surface area contributed by atoms with Crippen molar-refractivity contribution >= 4 is 21.4 Å². The van der Waals surface area contributed by atoms with Crippen LogP contribution < -0.4 is 15.8 Å². The first kappa shape index (κ1) is 16.0. The van der Waals surface area contributed by atoms with E-state index in [-0.39, 0.29) is 11.5 Å². The zero-order chi connectivity index (χ0) is 15.6. The van der Waals surface area contributed by atoms with Crippen LogP contribution in [0.5, 0.6) is 0 Å². The van der Waals surface area contributed by atoms with Gasteiger partial charge in [-0.3, -0.25) is 4.90 Å². The normalized spacial score (nSPS) is 17.2. The minimum atomic E-state index is -3.79. The Balaban J connectivity index is 2.27. The monoisotopic (exact) mass is 314 g/mol. The Morgan fingerprint density at radius 1 is 1.24 bits per heavy atom. The molecule has 0 bridgehead atoms. The van der Waals surface area contributed by atoms with Gasteiger partial charge in [0.1, 0.15) is 0 Å². The van der Waals surface area contributed by atoms with E-state index >= 15 is 0 Å². The van der Waals surface area contributed by atoms with E-state index in [2.05, 4.69) is 9.80 Å². The molecular formula is C13H22N4O3S. The maximum atomic E-state index is 11.6. The van der Waals surface area contributed by atoms with Gasteiger partial charge >= 0.3 is 0 Å². The Hall–Kier alpha value is -1.35. The summed E-state index contributed by atoms with van der Waals surface area (Å²) in [5.74, 6) is 0. The first-order valence-corrected chi connectivity index (χ1v) is 8.38. The van der Waals surface area contributed by atoms with Crippen molar-refractivity contribution in [2.45, 2.75) is 11.8 Å². The van der Waals surface area contributed by atoms with Crippen molar-refractivity contribution in [1.29, 1.82) is 0 Å². The predicted octanol–water partition coefficient (Wildman–Crippen LogP) is -0.661. The van der Waals surface area contributed by atoms with Gasteiger partial charge in [0.15, 0.2) is 0 Å². The van der Waals surface area contributed by atoms with Crippen LogP contribution in [0.1, 0.15) is 5.56 Å². The first-order chi connectivity index (χ1) is 9.82. The second-order valence-electron chi connectivity index (χ2n) is 5.26. The molecule has 1 aliphatic heterocycles. The van der Waals surface area contributed by atoms with Crippen LogP contribution in [0, 0.1) is 6.92 Å². The minimum Gasteiger partial charge on any atom is -0.399 e. The Bertz CT molecular complexity index is 610. The summed E-state index contributed by atoms with van der Waals surface area (Å²) in [6.45, 7) is 5.70. The van der Waals surface area contributed by atoms with E-state index in [4.69, 9.17) is 16.0 Å². The summed E-state index contributed by atoms with van der Waals surface area (Å²) in [5, 5.41) is 14.2. The van der Waals surface area contributed by atoms with E-state index in [1.54, 1.807) is 13.0 Å². The van der Waals surface area contributed by atoms with Gasteiger partial charge < -0.3 is 15.7 Å². The zero-order valence-electron chi connectivity index (χ0n) is 12.1. The molecule has 2 rings (SSSR count). The molecule has 1 aromatic carbocycles. The predicted molar refractivity (Wildman–Crippen MR) is 82.7 cm³/mol. The van der Waals surface area contributed by atoms with Crippen LogP contribution in [0.2, 0.25) is 0 Å². The third-order valence-corrected chi connectivity index (χ3v) is 4.83. The summed E-state index contributed by atoms with van der Waals surface area (Å²) in [4.78, 5) is 4.35. The fraction of sp³-hybridized carbons (Fsp3) is 0.538.